The summed E-state index contributed by atoms with van der Waals surface area (Å²) < 4.78 is 19.2. The van der Waals surface area contributed by atoms with Crippen LogP contribution < -0.4 is 4.90 Å². The van der Waals surface area contributed by atoms with Crippen LogP contribution in [0.1, 0.15) is 25.0 Å². The number of hydrogen-bond donors (Lipinski definition) is 1. The van der Waals surface area contributed by atoms with Gasteiger partial charge in [0.25, 0.3) is 0 Å². The summed E-state index contributed by atoms with van der Waals surface area (Å²) in [5.74, 6) is -0.294. The molecule has 2 rings (SSSR count). The molecular weight excluding hydrogens is 221 g/mol. The van der Waals surface area contributed by atoms with Gasteiger partial charge in [-0.1, -0.05) is 12.1 Å². The zero-order chi connectivity index (χ0) is 12.4. The summed E-state index contributed by atoms with van der Waals surface area (Å²) in [5, 5.41) is 9.70. The standard InChI is InChI=1S/C13H18FNO2/c1-9(16)11-4-3-5-12(14)13(11)15(2)10-6-7-17-8-10/h3-5,9-10,16H,6-8H2,1-2H3/t9-,10?/m1/s1. The van der Waals surface area contributed by atoms with Crippen molar-refractivity contribution in [2.45, 2.75) is 25.5 Å². The molecule has 1 aromatic rings. The molecule has 0 aliphatic carbocycles. The van der Waals surface area contributed by atoms with Crippen molar-refractivity contribution in [1.29, 1.82) is 0 Å². The maximum Gasteiger partial charge on any atom is 0.146 e. The van der Waals surface area contributed by atoms with Crippen LogP contribution in [0.2, 0.25) is 0 Å². The lowest BCUT2D eigenvalue weighted by atomic mass is 10.1. The zero-order valence-electron chi connectivity index (χ0n) is 10.2. The van der Waals surface area contributed by atoms with Crippen molar-refractivity contribution in [3.05, 3.63) is 29.6 Å². The van der Waals surface area contributed by atoms with Crippen molar-refractivity contribution < 1.29 is 14.2 Å². The number of hydrogen-bond acceptors (Lipinski definition) is 3. The monoisotopic (exact) mass is 239 g/mol. The Balaban J connectivity index is 2.35. The van der Waals surface area contributed by atoms with Crippen LogP contribution in [0, 0.1) is 5.82 Å². The van der Waals surface area contributed by atoms with E-state index < -0.39 is 6.10 Å². The molecule has 1 saturated heterocycles. The van der Waals surface area contributed by atoms with E-state index in [0.717, 1.165) is 6.42 Å². The van der Waals surface area contributed by atoms with E-state index in [1.165, 1.54) is 6.07 Å². The highest BCUT2D eigenvalue weighted by atomic mass is 19.1. The minimum absolute atomic E-state index is 0.185. The van der Waals surface area contributed by atoms with Crippen LogP contribution in [-0.2, 0) is 4.74 Å². The Morgan fingerprint density at radius 2 is 2.29 bits per heavy atom. The third-order valence-corrected chi connectivity index (χ3v) is 3.27. The fourth-order valence-electron chi connectivity index (χ4n) is 2.25. The zero-order valence-corrected chi connectivity index (χ0v) is 10.2. The second kappa shape index (κ2) is 5.02. The van der Waals surface area contributed by atoms with Gasteiger partial charge in [-0.3, -0.25) is 0 Å². The summed E-state index contributed by atoms with van der Waals surface area (Å²) in [7, 11) is 1.85. The summed E-state index contributed by atoms with van der Waals surface area (Å²) in [4.78, 5) is 1.88. The lowest BCUT2D eigenvalue weighted by molar-refractivity contribution is 0.192. The van der Waals surface area contributed by atoms with Gasteiger partial charge in [0.1, 0.15) is 5.82 Å². The van der Waals surface area contributed by atoms with Crippen LogP contribution in [0.5, 0.6) is 0 Å². The summed E-state index contributed by atoms with van der Waals surface area (Å²) >= 11 is 0. The van der Waals surface area contributed by atoms with E-state index in [1.807, 2.05) is 11.9 Å². The van der Waals surface area contributed by atoms with E-state index in [4.69, 9.17) is 4.74 Å². The van der Waals surface area contributed by atoms with Crippen molar-refractivity contribution in [1.82, 2.24) is 0 Å². The summed E-state index contributed by atoms with van der Waals surface area (Å²) in [6, 6.07) is 4.99. The molecule has 94 valence electrons. The summed E-state index contributed by atoms with van der Waals surface area (Å²) in [6.07, 6.45) is 0.217. The Labute approximate surface area is 101 Å². The van der Waals surface area contributed by atoms with Crippen molar-refractivity contribution in [3.8, 4) is 0 Å². The van der Waals surface area contributed by atoms with Crippen molar-refractivity contribution in [3.63, 3.8) is 0 Å². The summed E-state index contributed by atoms with van der Waals surface area (Å²) in [5.41, 5.74) is 1.11. The molecule has 1 aliphatic heterocycles. The first-order valence-electron chi connectivity index (χ1n) is 5.88. The maximum absolute atomic E-state index is 13.9. The van der Waals surface area contributed by atoms with Gasteiger partial charge in [-0.05, 0) is 19.4 Å². The number of rotatable bonds is 3. The molecule has 0 amide bonds. The molecule has 0 bridgehead atoms. The Kier molecular flexibility index (Phi) is 3.64. The molecule has 0 spiro atoms. The van der Waals surface area contributed by atoms with Crippen LogP contribution in [0.4, 0.5) is 10.1 Å². The Bertz CT molecular complexity index is 389. The predicted octanol–water partition coefficient (Wildman–Crippen LogP) is 2.10. The van der Waals surface area contributed by atoms with E-state index in [9.17, 15) is 9.50 Å². The van der Waals surface area contributed by atoms with E-state index in [-0.39, 0.29) is 11.9 Å². The van der Waals surface area contributed by atoms with Crippen molar-refractivity contribution in [2.75, 3.05) is 25.2 Å². The molecule has 1 aliphatic rings. The van der Waals surface area contributed by atoms with Crippen molar-refractivity contribution in [2.24, 2.45) is 0 Å². The maximum atomic E-state index is 13.9. The van der Waals surface area contributed by atoms with Gasteiger partial charge in [0.2, 0.25) is 0 Å². The van der Waals surface area contributed by atoms with Crippen molar-refractivity contribution >= 4 is 5.69 Å². The molecule has 1 fully saturated rings. The molecule has 1 unspecified atom stereocenters. The molecule has 1 heterocycles. The van der Waals surface area contributed by atoms with E-state index >= 15 is 0 Å². The van der Waals surface area contributed by atoms with Crippen LogP contribution in [0.25, 0.3) is 0 Å². The van der Waals surface area contributed by atoms with Crippen LogP contribution >= 0.6 is 0 Å². The van der Waals surface area contributed by atoms with Gasteiger partial charge in [0.15, 0.2) is 0 Å². The fourth-order valence-corrected chi connectivity index (χ4v) is 2.25. The van der Waals surface area contributed by atoms with Gasteiger partial charge < -0.3 is 14.7 Å². The molecule has 2 atom stereocenters. The Hall–Kier alpha value is -1.13. The largest absolute Gasteiger partial charge is 0.389 e. The lowest BCUT2D eigenvalue weighted by Crippen LogP contribution is -2.33. The number of anilines is 1. The molecule has 17 heavy (non-hydrogen) atoms. The highest BCUT2D eigenvalue weighted by Gasteiger charge is 2.25. The number of nitrogens with zero attached hydrogens (tertiary/aromatic N) is 1. The number of aliphatic hydroxyl groups excluding tert-OH is 1. The van der Waals surface area contributed by atoms with Gasteiger partial charge in [-0.2, -0.15) is 0 Å². The Morgan fingerprint density at radius 3 is 2.88 bits per heavy atom. The van der Waals surface area contributed by atoms with Gasteiger partial charge in [-0.15, -0.1) is 0 Å². The minimum Gasteiger partial charge on any atom is -0.389 e. The second-order valence-corrected chi connectivity index (χ2v) is 4.48. The first-order valence-corrected chi connectivity index (χ1v) is 5.88. The first kappa shape index (κ1) is 12.3. The van der Waals surface area contributed by atoms with Crippen LogP contribution in [-0.4, -0.2) is 31.4 Å². The minimum atomic E-state index is -0.675. The van der Waals surface area contributed by atoms with E-state index in [0.29, 0.717) is 24.5 Å². The average Bonchev–Trinajstić information content (AvgIpc) is 2.81. The molecule has 0 aromatic heterocycles. The predicted molar refractivity (Wildman–Crippen MR) is 64.7 cm³/mol. The average molecular weight is 239 g/mol. The van der Waals surface area contributed by atoms with Crippen LogP contribution in [0.3, 0.4) is 0 Å². The first-order chi connectivity index (χ1) is 8.11. The normalized spacial score (nSPS) is 21.5. The SMILES string of the molecule is C[C@@H](O)c1cccc(F)c1N(C)C1CCOC1. The molecule has 0 saturated carbocycles. The Morgan fingerprint density at radius 1 is 1.53 bits per heavy atom. The number of halogens is 1. The fraction of sp³-hybridized carbons (Fsp3) is 0.538. The molecule has 1 N–H and O–H groups in total. The lowest BCUT2D eigenvalue weighted by Gasteiger charge is -2.28. The number of para-hydroxylation sites is 1. The third kappa shape index (κ3) is 2.42. The molecule has 4 heteroatoms. The highest BCUT2D eigenvalue weighted by molar-refractivity contribution is 5.56. The van der Waals surface area contributed by atoms with E-state index in [2.05, 4.69) is 0 Å². The number of aliphatic hydroxyl groups is 1. The topological polar surface area (TPSA) is 32.7 Å². The third-order valence-electron chi connectivity index (χ3n) is 3.27. The molecular formula is C13H18FNO2. The molecule has 3 nitrogen and oxygen atoms in total. The smallest absolute Gasteiger partial charge is 0.146 e. The van der Waals surface area contributed by atoms with E-state index in [1.54, 1.807) is 19.1 Å². The van der Waals surface area contributed by atoms with Gasteiger partial charge in [-0.25, -0.2) is 4.39 Å². The second-order valence-electron chi connectivity index (χ2n) is 4.48. The quantitative estimate of drug-likeness (QED) is 0.876. The highest BCUT2D eigenvalue weighted by Crippen LogP contribution is 2.31. The van der Waals surface area contributed by atoms with Gasteiger partial charge >= 0.3 is 0 Å². The molecule has 0 radical (unpaired) electrons. The van der Waals surface area contributed by atoms with Gasteiger partial charge in [0, 0.05) is 19.2 Å². The van der Waals surface area contributed by atoms with Crippen LogP contribution in [0.15, 0.2) is 18.2 Å². The number of likely N-dealkylation sites (N-methyl/N-ethyl adjacent to an activating group) is 1. The number of ether oxygens (including phenoxy) is 1. The summed E-state index contributed by atoms with van der Waals surface area (Å²) in [6.45, 7) is 2.98. The van der Waals surface area contributed by atoms with Gasteiger partial charge in [0.05, 0.1) is 24.4 Å². The molecule has 1 aromatic carbocycles. The number of benzene rings is 1.